The van der Waals surface area contributed by atoms with Crippen LogP contribution >= 0.6 is 0 Å². The quantitative estimate of drug-likeness (QED) is 0.356. The monoisotopic (exact) mass is 503 g/mol. The first-order valence-electron chi connectivity index (χ1n) is 11.9. The molecule has 0 amide bonds. The highest BCUT2D eigenvalue weighted by Gasteiger charge is 2.41. The number of hydrogen-bond acceptors (Lipinski definition) is 5. The predicted molar refractivity (Wildman–Crippen MR) is 144 cm³/mol. The van der Waals surface area contributed by atoms with Crippen molar-refractivity contribution < 1.29 is 18.1 Å². The third-order valence-corrected chi connectivity index (χ3v) is 15.2. The van der Waals surface area contributed by atoms with E-state index in [1.807, 2.05) is 30.3 Å². The Morgan fingerprint density at radius 3 is 2.18 bits per heavy atom. The zero-order valence-corrected chi connectivity index (χ0v) is 24.7. The first-order valence-corrected chi connectivity index (χ1v) is 21.2. The number of benzene rings is 2. The van der Waals surface area contributed by atoms with Crippen LogP contribution in [0.5, 0.6) is 11.5 Å². The topological polar surface area (TPSA) is 60.0 Å². The fraction of sp³-hybridized carbons (Fsp3) is 0.520. The maximum Gasteiger partial charge on any atom is 0.314 e. The molecule has 0 bridgehead atoms. The van der Waals surface area contributed by atoms with Gasteiger partial charge in [0.1, 0.15) is 11.5 Å². The summed E-state index contributed by atoms with van der Waals surface area (Å²) < 4.78 is 19.5. The number of para-hydroxylation sites is 2. The number of aryl methyl sites for hydroxylation is 1. The Bertz CT molecular complexity index is 944. The first-order chi connectivity index (χ1) is 15.1. The van der Waals surface area contributed by atoms with E-state index in [2.05, 4.69) is 71.1 Å². The molecule has 3 rings (SSSR count). The summed E-state index contributed by atoms with van der Waals surface area (Å²) in [5.41, 5.74) is 3.80. The summed E-state index contributed by atoms with van der Waals surface area (Å²) in [6, 6.07) is 12.9. The Labute approximate surface area is 203 Å². The summed E-state index contributed by atoms with van der Waals surface area (Å²) >= 11 is 0. The summed E-state index contributed by atoms with van der Waals surface area (Å²) in [5, 5.41) is 14.6. The summed E-state index contributed by atoms with van der Waals surface area (Å²) in [7, 11) is -5.83. The van der Waals surface area contributed by atoms with Gasteiger partial charge in [-0.3, -0.25) is 0 Å². The van der Waals surface area contributed by atoms with Crippen molar-refractivity contribution in [1.29, 1.82) is 0 Å². The van der Waals surface area contributed by atoms with Crippen molar-refractivity contribution in [3.63, 3.8) is 0 Å². The van der Waals surface area contributed by atoms with Crippen molar-refractivity contribution in [3.8, 4) is 11.5 Å². The molecule has 2 aromatic rings. The summed E-state index contributed by atoms with van der Waals surface area (Å²) in [6.45, 7) is 20.0. The summed E-state index contributed by atoms with van der Waals surface area (Å²) in [5.74, 6) is 1.45. The molecule has 2 N–H and O–H groups in total. The lowest BCUT2D eigenvalue weighted by Crippen LogP contribution is -2.53. The molecule has 0 saturated carbocycles. The first kappa shape index (κ1) is 26.0. The van der Waals surface area contributed by atoms with Crippen molar-refractivity contribution in [2.75, 3.05) is 5.32 Å². The number of phenols is 1. The molecule has 0 aromatic heterocycles. The Morgan fingerprint density at radius 1 is 1.00 bits per heavy atom. The van der Waals surface area contributed by atoms with Crippen LogP contribution in [-0.4, -0.2) is 30.3 Å². The molecule has 182 valence electrons. The van der Waals surface area contributed by atoms with Gasteiger partial charge in [0.15, 0.2) is 22.9 Å². The molecule has 8 heteroatoms. The van der Waals surface area contributed by atoms with Crippen LogP contribution in [-0.2, 0) is 14.7 Å². The van der Waals surface area contributed by atoms with Gasteiger partial charge in [-0.05, 0) is 94.9 Å². The molecule has 5 nitrogen and oxygen atoms in total. The van der Waals surface area contributed by atoms with Crippen molar-refractivity contribution >= 4 is 30.9 Å². The second-order valence-electron chi connectivity index (χ2n) is 11.6. The fourth-order valence-electron chi connectivity index (χ4n) is 4.85. The number of anilines is 1. The molecule has 0 fully saturated rings. The molecule has 0 saturated heterocycles. The van der Waals surface area contributed by atoms with E-state index in [4.69, 9.17) is 13.0 Å². The zero-order valence-electron chi connectivity index (χ0n) is 21.7. The Morgan fingerprint density at radius 2 is 1.61 bits per heavy atom. The molecule has 33 heavy (non-hydrogen) atoms. The highest BCUT2D eigenvalue weighted by molar-refractivity contribution is 6.87. The minimum absolute atomic E-state index is 0.318. The lowest BCUT2D eigenvalue weighted by atomic mass is 9.96. The lowest BCUT2D eigenvalue weighted by molar-refractivity contribution is 0.253. The fourth-order valence-corrected chi connectivity index (χ4v) is 17.8. The number of rotatable bonds is 9. The van der Waals surface area contributed by atoms with Crippen LogP contribution in [0.1, 0.15) is 29.8 Å². The van der Waals surface area contributed by atoms with Crippen LogP contribution in [0.2, 0.25) is 51.9 Å². The average Bonchev–Trinajstić information content (AvgIpc) is 3.04. The van der Waals surface area contributed by atoms with E-state index in [0.717, 1.165) is 40.6 Å². The minimum Gasteiger partial charge on any atom is -0.507 e. The molecular weight excluding hydrogens is 463 g/mol. The average molecular weight is 504 g/mol. The van der Waals surface area contributed by atoms with Crippen LogP contribution in [0.3, 0.4) is 0 Å². The van der Waals surface area contributed by atoms with Gasteiger partial charge in [-0.2, -0.15) is 0 Å². The van der Waals surface area contributed by atoms with Crippen LogP contribution in [0, 0.1) is 12.8 Å². The molecular formula is C25H41NO4Si3. The van der Waals surface area contributed by atoms with Gasteiger partial charge in [0.05, 0.1) is 11.3 Å². The van der Waals surface area contributed by atoms with Gasteiger partial charge in [-0.15, -0.1) is 0 Å². The maximum absolute atomic E-state index is 11.2. The van der Waals surface area contributed by atoms with E-state index in [1.165, 1.54) is 0 Å². The Kier molecular flexibility index (Phi) is 7.55. The number of phenolic OH excluding ortho intramolecular Hbond substituents is 1. The van der Waals surface area contributed by atoms with Crippen LogP contribution in [0.4, 0.5) is 5.69 Å². The normalized spacial score (nSPS) is 17.3. The Balaban J connectivity index is 1.80. The van der Waals surface area contributed by atoms with Crippen molar-refractivity contribution in [1.82, 2.24) is 0 Å². The number of ether oxygens (including phenoxy) is 1. The highest BCUT2D eigenvalue weighted by atomic mass is 28.5. The van der Waals surface area contributed by atoms with Gasteiger partial charge >= 0.3 is 8.56 Å². The van der Waals surface area contributed by atoms with Crippen molar-refractivity contribution in [3.05, 3.63) is 53.1 Å². The van der Waals surface area contributed by atoms with Gasteiger partial charge in [-0.1, -0.05) is 30.7 Å². The molecule has 0 radical (unpaired) electrons. The third kappa shape index (κ3) is 7.19. The van der Waals surface area contributed by atoms with Crippen LogP contribution < -0.4 is 10.1 Å². The number of hydrogen-bond donors (Lipinski definition) is 2. The number of aromatic hydroxyl groups is 1. The maximum atomic E-state index is 11.2. The molecule has 2 aromatic carbocycles. The number of nitrogens with one attached hydrogen (secondary N) is 1. The summed E-state index contributed by atoms with van der Waals surface area (Å²) in [6.07, 6.45) is 0.383. The van der Waals surface area contributed by atoms with E-state index >= 15 is 0 Å². The zero-order chi connectivity index (χ0) is 24.6. The molecule has 1 aliphatic rings. The van der Waals surface area contributed by atoms with Gasteiger partial charge in [0.2, 0.25) is 0 Å². The summed E-state index contributed by atoms with van der Waals surface area (Å²) in [4.78, 5) is 0. The minimum atomic E-state index is -2.35. The van der Waals surface area contributed by atoms with Crippen molar-refractivity contribution in [2.24, 2.45) is 5.92 Å². The second kappa shape index (κ2) is 9.58. The molecule has 0 spiro atoms. The van der Waals surface area contributed by atoms with E-state index in [9.17, 15) is 5.11 Å². The number of fused-ring (bicyclic) bond motifs is 1. The van der Waals surface area contributed by atoms with Crippen LogP contribution in [0.15, 0.2) is 36.4 Å². The lowest BCUT2D eigenvalue weighted by Gasteiger charge is -2.39. The van der Waals surface area contributed by atoms with Gasteiger partial charge in [0, 0.05) is 0 Å². The van der Waals surface area contributed by atoms with E-state index in [-0.39, 0.29) is 6.23 Å². The highest BCUT2D eigenvalue weighted by Crippen LogP contribution is 2.42. The largest absolute Gasteiger partial charge is 0.507 e. The predicted octanol–water partition coefficient (Wildman–Crippen LogP) is 7.16. The molecule has 0 aliphatic carbocycles. The molecule has 2 unspecified atom stereocenters. The molecule has 2 atom stereocenters. The standard InChI is InChI=1S/C25H41NO4Si3/c1-18-14-20(15-19(2)17-33(9,29-31(3,4)5)30-32(6,7)8)24(27)21(16-18)25-26-22-12-10-11-13-23(22)28-25/h10-14,16,19,25-27H,15,17H2,1-9H3. The van der Waals surface area contributed by atoms with Crippen molar-refractivity contribution in [2.45, 2.75) is 78.4 Å². The smallest absolute Gasteiger partial charge is 0.314 e. The van der Waals surface area contributed by atoms with E-state index in [0.29, 0.717) is 11.7 Å². The Hall–Kier alpha value is -1.59. The van der Waals surface area contributed by atoms with Gasteiger partial charge in [0.25, 0.3) is 0 Å². The van der Waals surface area contributed by atoms with E-state index < -0.39 is 25.2 Å². The molecule has 1 heterocycles. The van der Waals surface area contributed by atoms with Crippen LogP contribution in [0.25, 0.3) is 0 Å². The van der Waals surface area contributed by atoms with E-state index in [1.54, 1.807) is 0 Å². The second-order valence-corrected chi connectivity index (χ2v) is 24.3. The van der Waals surface area contributed by atoms with Gasteiger partial charge in [-0.25, -0.2) is 0 Å². The van der Waals surface area contributed by atoms with Gasteiger partial charge < -0.3 is 23.4 Å². The SMILES string of the molecule is Cc1cc(CC(C)C[Si](C)(O[Si](C)(C)C)O[Si](C)(C)C)c(O)c(C2Nc3ccccc3O2)c1. The molecule has 1 aliphatic heterocycles. The third-order valence-electron chi connectivity index (χ3n) is 5.40.